The van der Waals surface area contributed by atoms with Crippen molar-refractivity contribution in [3.05, 3.63) is 50.4 Å². The molecule has 0 saturated carbocycles. The SMILES string of the molecule is Fc1cc(Oc2cncc(Br)c2)c(Br)cc1Cl. The first-order valence-electron chi connectivity index (χ1n) is 4.49. The first-order chi connectivity index (χ1) is 8.06. The molecule has 17 heavy (non-hydrogen) atoms. The van der Waals surface area contributed by atoms with E-state index in [-0.39, 0.29) is 5.02 Å². The number of rotatable bonds is 2. The average Bonchev–Trinajstić information content (AvgIpc) is 2.26. The number of benzene rings is 1. The molecule has 2 nitrogen and oxygen atoms in total. The molecular weight excluding hydrogens is 376 g/mol. The van der Waals surface area contributed by atoms with Gasteiger partial charge in [-0.1, -0.05) is 11.6 Å². The van der Waals surface area contributed by atoms with Crippen LogP contribution in [0.4, 0.5) is 4.39 Å². The normalized spacial score (nSPS) is 10.4. The van der Waals surface area contributed by atoms with Crippen LogP contribution in [-0.4, -0.2) is 4.98 Å². The molecule has 0 unspecified atom stereocenters. The molecule has 1 aromatic carbocycles. The Labute approximate surface area is 119 Å². The summed E-state index contributed by atoms with van der Waals surface area (Å²) in [6.45, 7) is 0. The van der Waals surface area contributed by atoms with E-state index < -0.39 is 5.82 Å². The van der Waals surface area contributed by atoms with Crippen LogP contribution >= 0.6 is 43.5 Å². The molecule has 0 saturated heterocycles. The van der Waals surface area contributed by atoms with Gasteiger partial charge in [0.2, 0.25) is 0 Å². The number of ether oxygens (including phenoxy) is 1. The zero-order valence-corrected chi connectivity index (χ0v) is 12.2. The highest BCUT2D eigenvalue weighted by atomic mass is 79.9. The van der Waals surface area contributed by atoms with E-state index in [1.807, 2.05) is 0 Å². The Bertz CT molecular complexity index is 565. The minimum Gasteiger partial charge on any atom is -0.454 e. The van der Waals surface area contributed by atoms with Gasteiger partial charge < -0.3 is 4.74 Å². The molecule has 88 valence electrons. The van der Waals surface area contributed by atoms with Crippen molar-refractivity contribution in [3.63, 3.8) is 0 Å². The molecule has 0 radical (unpaired) electrons. The highest BCUT2D eigenvalue weighted by Crippen LogP contribution is 2.33. The summed E-state index contributed by atoms with van der Waals surface area (Å²) in [5, 5.41) is 0.0385. The van der Waals surface area contributed by atoms with Gasteiger partial charge >= 0.3 is 0 Å². The lowest BCUT2D eigenvalue weighted by atomic mass is 10.3. The largest absolute Gasteiger partial charge is 0.454 e. The van der Waals surface area contributed by atoms with Gasteiger partial charge in [-0.05, 0) is 44.0 Å². The standard InChI is InChI=1S/C11H5Br2ClFNO/c12-6-1-7(5-16-4-6)17-11-3-10(15)9(14)2-8(11)13/h1-5H. The quantitative estimate of drug-likeness (QED) is 0.668. The second-order valence-corrected chi connectivity index (χ2v) is 5.31. The van der Waals surface area contributed by atoms with Gasteiger partial charge in [0, 0.05) is 16.7 Å². The maximum absolute atomic E-state index is 13.3. The maximum atomic E-state index is 13.3. The number of aromatic nitrogens is 1. The first kappa shape index (κ1) is 12.8. The molecule has 0 aliphatic heterocycles. The van der Waals surface area contributed by atoms with Crippen molar-refractivity contribution < 1.29 is 9.13 Å². The van der Waals surface area contributed by atoms with E-state index in [1.165, 1.54) is 18.3 Å². The van der Waals surface area contributed by atoms with Crippen molar-refractivity contribution in [2.24, 2.45) is 0 Å². The molecular formula is C11H5Br2ClFNO. The van der Waals surface area contributed by atoms with Crippen LogP contribution in [0.2, 0.25) is 5.02 Å². The van der Waals surface area contributed by atoms with Crippen molar-refractivity contribution in [3.8, 4) is 11.5 Å². The Kier molecular flexibility index (Phi) is 4.01. The molecule has 0 fully saturated rings. The van der Waals surface area contributed by atoms with Gasteiger partial charge in [0.25, 0.3) is 0 Å². The lowest BCUT2D eigenvalue weighted by Crippen LogP contribution is -1.88. The van der Waals surface area contributed by atoms with E-state index in [0.717, 1.165) is 4.47 Å². The van der Waals surface area contributed by atoms with Crippen LogP contribution in [0.3, 0.4) is 0 Å². The summed E-state index contributed by atoms with van der Waals surface area (Å²) in [4.78, 5) is 3.94. The molecule has 0 N–H and O–H groups in total. The fourth-order valence-corrected chi connectivity index (χ4v) is 2.22. The molecule has 0 spiro atoms. The topological polar surface area (TPSA) is 22.1 Å². The Morgan fingerprint density at radius 3 is 2.65 bits per heavy atom. The Hall–Kier alpha value is -0.650. The van der Waals surface area contributed by atoms with Gasteiger partial charge in [-0.2, -0.15) is 0 Å². The molecule has 1 heterocycles. The van der Waals surface area contributed by atoms with Gasteiger partial charge in [-0.25, -0.2) is 4.39 Å². The van der Waals surface area contributed by atoms with Crippen molar-refractivity contribution in [2.45, 2.75) is 0 Å². The molecule has 2 aromatic rings. The zero-order valence-electron chi connectivity index (χ0n) is 8.25. The smallest absolute Gasteiger partial charge is 0.146 e. The summed E-state index contributed by atoms with van der Waals surface area (Å²) in [7, 11) is 0. The Balaban J connectivity index is 2.33. The minimum atomic E-state index is -0.534. The van der Waals surface area contributed by atoms with E-state index >= 15 is 0 Å². The third-order valence-electron chi connectivity index (χ3n) is 1.88. The molecule has 2 rings (SSSR count). The van der Waals surface area contributed by atoms with Crippen LogP contribution in [-0.2, 0) is 0 Å². The second-order valence-electron chi connectivity index (χ2n) is 3.14. The molecule has 0 aliphatic carbocycles. The summed E-state index contributed by atoms with van der Waals surface area (Å²) < 4.78 is 20.1. The van der Waals surface area contributed by atoms with E-state index in [4.69, 9.17) is 16.3 Å². The van der Waals surface area contributed by atoms with Crippen LogP contribution in [0.25, 0.3) is 0 Å². The Morgan fingerprint density at radius 2 is 1.94 bits per heavy atom. The number of halogens is 4. The van der Waals surface area contributed by atoms with Crippen molar-refractivity contribution >= 4 is 43.5 Å². The van der Waals surface area contributed by atoms with Crippen LogP contribution in [0, 0.1) is 5.82 Å². The molecule has 1 aromatic heterocycles. The molecule has 6 heteroatoms. The minimum absolute atomic E-state index is 0.0385. The van der Waals surface area contributed by atoms with Crippen LogP contribution in [0.15, 0.2) is 39.5 Å². The van der Waals surface area contributed by atoms with Crippen LogP contribution in [0.5, 0.6) is 11.5 Å². The summed E-state index contributed by atoms with van der Waals surface area (Å²) >= 11 is 12.2. The summed E-state index contributed by atoms with van der Waals surface area (Å²) in [6, 6.07) is 4.39. The average molecular weight is 381 g/mol. The predicted octanol–water partition coefficient (Wildman–Crippen LogP) is 5.19. The van der Waals surface area contributed by atoms with Gasteiger partial charge in [0.15, 0.2) is 0 Å². The lowest BCUT2D eigenvalue weighted by Gasteiger charge is -2.08. The lowest BCUT2D eigenvalue weighted by molar-refractivity contribution is 0.471. The second kappa shape index (κ2) is 5.33. The van der Waals surface area contributed by atoms with Crippen molar-refractivity contribution in [2.75, 3.05) is 0 Å². The predicted molar refractivity (Wildman–Crippen MR) is 71.1 cm³/mol. The van der Waals surface area contributed by atoms with Gasteiger partial charge in [-0.3, -0.25) is 4.98 Å². The number of hydrogen-bond acceptors (Lipinski definition) is 2. The monoisotopic (exact) mass is 379 g/mol. The van der Waals surface area contributed by atoms with E-state index in [1.54, 1.807) is 12.3 Å². The van der Waals surface area contributed by atoms with Crippen LogP contribution in [0.1, 0.15) is 0 Å². The summed E-state index contributed by atoms with van der Waals surface area (Å²) in [6.07, 6.45) is 3.16. The van der Waals surface area contributed by atoms with Crippen molar-refractivity contribution in [1.82, 2.24) is 4.98 Å². The first-order valence-corrected chi connectivity index (χ1v) is 6.45. The van der Waals surface area contributed by atoms with E-state index in [9.17, 15) is 4.39 Å². The molecule has 0 bridgehead atoms. The summed E-state index contributed by atoms with van der Waals surface area (Å²) in [5.41, 5.74) is 0. The van der Waals surface area contributed by atoms with Gasteiger partial charge in [0.05, 0.1) is 15.7 Å². The fourth-order valence-electron chi connectivity index (χ4n) is 1.16. The molecule has 0 amide bonds. The molecule has 0 atom stereocenters. The number of hydrogen-bond donors (Lipinski definition) is 0. The van der Waals surface area contributed by atoms with Crippen LogP contribution < -0.4 is 4.74 Å². The third-order valence-corrected chi connectivity index (χ3v) is 3.23. The highest BCUT2D eigenvalue weighted by Gasteiger charge is 2.09. The number of nitrogens with zero attached hydrogens (tertiary/aromatic N) is 1. The Morgan fingerprint density at radius 1 is 1.18 bits per heavy atom. The highest BCUT2D eigenvalue weighted by molar-refractivity contribution is 9.10. The zero-order chi connectivity index (χ0) is 12.4. The van der Waals surface area contributed by atoms with Crippen molar-refractivity contribution in [1.29, 1.82) is 0 Å². The van der Waals surface area contributed by atoms with E-state index in [0.29, 0.717) is 16.0 Å². The van der Waals surface area contributed by atoms with Gasteiger partial charge in [-0.15, -0.1) is 0 Å². The van der Waals surface area contributed by atoms with E-state index in [2.05, 4.69) is 36.8 Å². The summed E-state index contributed by atoms with van der Waals surface area (Å²) in [5.74, 6) is 0.307. The third kappa shape index (κ3) is 3.18. The fraction of sp³-hybridized carbons (Fsp3) is 0. The molecule has 0 aliphatic rings. The number of pyridine rings is 1. The van der Waals surface area contributed by atoms with Gasteiger partial charge in [0.1, 0.15) is 17.3 Å². The maximum Gasteiger partial charge on any atom is 0.146 e.